The van der Waals surface area contributed by atoms with E-state index in [0.717, 1.165) is 28.4 Å². The Hall–Kier alpha value is -2.29. The lowest BCUT2D eigenvalue weighted by Crippen LogP contribution is -2.18. The molecule has 0 amide bonds. The third-order valence-electron chi connectivity index (χ3n) is 4.21. The van der Waals surface area contributed by atoms with Crippen LogP contribution in [0.3, 0.4) is 0 Å². The zero-order valence-corrected chi connectivity index (χ0v) is 15.0. The summed E-state index contributed by atoms with van der Waals surface area (Å²) in [5.74, 6) is 0.884. The quantitative estimate of drug-likeness (QED) is 0.583. The molecule has 0 spiro atoms. The van der Waals surface area contributed by atoms with E-state index in [1.807, 2.05) is 48.5 Å². The van der Waals surface area contributed by atoms with Crippen LogP contribution in [0.5, 0.6) is 5.75 Å². The molecule has 0 aliphatic rings. The van der Waals surface area contributed by atoms with Crippen LogP contribution >= 0.6 is 11.6 Å². The first-order valence-electron chi connectivity index (χ1n) is 8.46. The van der Waals surface area contributed by atoms with Crippen LogP contribution in [0.2, 0.25) is 5.02 Å². The highest BCUT2D eigenvalue weighted by atomic mass is 35.5. The Morgan fingerprint density at radius 2 is 1.48 bits per heavy atom. The van der Waals surface area contributed by atoms with Gasteiger partial charge >= 0.3 is 0 Å². The van der Waals surface area contributed by atoms with Gasteiger partial charge in [-0.05, 0) is 24.6 Å². The van der Waals surface area contributed by atoms with E-state index in [1.165, 1.54) is 5.56 Å². The zero-order chi connectivity index (χ0) is 17.5. The van der Waals surface area contributed by atoms with E-state index in [2.05, 4.69) is 42.6 Å². The minimum absolute atomic E-state index is 0.276. The zero-order valence-electron chi connectivity index (χ0n) is 14.3. The Bertz CT molecular complexity index is 804. The fourth-order valence-corrected chi connectivity index (χ4v) is 2.87. The molecule has 128 valence electrons. The van der Waals surface area contributed by atoms with Gasteiger partial charge in [-0.25, -0.2) is 0 Å². The van der Waals surface area contributed by atoms with Crippen LogP contribution in [0.15, 0.2) is 78.9 Å². The van der Waals surface area contributed by atoms with Crippen LogP contribution in [0.25, 0.3) is 0 Å². The fourth-order valence-electron chi connectivity index (χ4n) is 2.68. The SMILES string of the molecule is CC(NCc1ccccc1OCc1ccccc1Cl)c1ccccc1. The molecule has 3 rings (SSSR count). The molecule has 0 aliphatic carbocycles. The van der Waals surface area contributed by atoms with Crippen LogP contribution in [0.4, 0.5) is 0 Å². The molecule has 3 aromatic carbocycles. The maximum Gasteiger partial charge on any atom is 0.124 e. The number of hydrogen-bond donors (Lipinski definition) is 1. The summed E-state index contributed by atoms with van der Waals surface area (Å²) in [6.07, 6.45) is 0. The van der Waals surface area contributed by atoms with Crippen molar-refractivity contribution < 1.29 is 4.74 Å². The van der Waals surface area contributed by atoms with Crippen LogP contribution in [-0.4, -0.2) is 0 Å². The number of hydrogen-bond acceptors (Lipinski definition) is 2. The van der Waals surface area contributed by atoms with Crippen molar-refractivity contribution in [2.24, 2.45) is 0 Å². The lowest BCUT2D eigenvalue weighted by atomic mass is 10.1. The molecule has 1 N–H and O–H groups in total. The van der Waals surface area contributed by atoms with Crippen molar-refractivity contribution in [3.05, 3.63) is 101 Å². The summed E-state index contributed by atoms with van der Waals surface area (Å²) < 4.78 is 6.02. The fraction of sp³-hybridized carbons (Fsp3) is 0.182. The molecule has 1 unspecified atom stereocenters. The Labute approximate surface area is 154 Å². The Morgan fingerprint density at radius 1 is 0.840 bits per heavy atom. The maximum absolute atomic E-state index is 6.21. The van der Waals surface area contributed by atoms with Gasteiger partial charge in [-0.1, -0.05) is 78.3 Å². The highest BCUT2D eigenvalue weighted by Crippen LogP contribution is 2.23. The molecule has 1 atom stereocenters. The lowest BCUT2D eigenvalue weighted by molar-refractivity contribution is 0.302. The van der Waals surface area contributed by atoms with Gasteiger partial charge in [-0.15, -0.1) is 0 Å². The minimum Gasteiger partial charge on any atom is -0.489 e. The van der Waals surface area contributed by atoms with Crippen LogP contribution < -0.4 is 10.1 Å². The van der Waals surface area contributed by atoms with E-state index < -0.39 is 0 Å². The van der Waals surface area contributed by atoms with Crippen molar-refractivity contribution in [1.29, 1.82) is 0 Å². The first-order chi connectivity index (χ1) is 12.2. The van der Waals surface area contributed by atoms with Gasteiger partial charge < -0.3 is 10.1 Å². The number of rotatable bonds is 7. The molecule has 0 heterocycles. The van der Waals surface area contributed by atoms with Crippen molar-refractivity contribution in [2.45, 2.75) is 26.1 Å². The van der Waals surface area contributed by atoms with Crippen molar-refractivity contribution in [2.75, 3.05) is 0 Å². The topological polar surface area (TPSA) is 21.3 Å². The van der Waals surface area contributed by atoms with Gasteiger partial charge in [0, 0.05) is 28.7 Å². The number of para-hydroxylation sites is 1. The molecule has 0 saturated carbocycles. The Kier molecular flexibility index (Phi) is 6.10. The van der Waals surface area contributed by atoms with Gasteiger partial charge in [-0.2, -0.15) is 0 Å². The summed E-state index contributed by atoms with van der Waals surface area (Å²) in [4.78, 5) is 0. The number of nitrogens with one attached hydrogen (secondary N) is 1. The van der Waals surface area contributed by atoms with Gasteiger partial charge in [0.1, 0.15) is 12.4 Å². The molecule has 2 nitrogen and oxygen atoms in total. The van der Waals surface area contributed by atoms with Crippen molar-refractivity contribution >= 4 is 11.6 Å². The maximum atomic E-state index is 6.21. The Morgan fingerprint density at radius 3 is 2.24 bits per heavy atom. The second kappa shape index (κ2) is 8.70. The van der Waals surface area contributed by atoms with Gasteiger partial charge in [0.25, 0.3) is 0 Å². The molecule has 0 aromatic heterocycles. The minimum atomic E-state index is 0.276. The largest absolute Gasteiger partial charge is 0.489 e. The smallest absolute Gasteiger partial charge is 0.124 e. The predicted octanol–water partition coefficient (Wildman–Crippen LogP) is 5.77. The standard InChI is InChI=1S/C22H22ClNO/c1-17(18-9-3-2-4-10-18)24-15-19-11-6-8-14-22(19)25-16-20-12-5-7-13-21(20)23/h2-14,17,24H,15-16H2,1H3. The molecule has 0 bridgehead atoms. The summed E-state index contributed by atoms with van der Waals surface area (Å²) in [6, 6.07) is 26.6. The first kappa shape index (κ1) is 17.5. The third kappa shape index (κ3) is 4.85. The van der Waals surface area contributed by atoms with E-state index in [1.54, 1.807) is 0 Å². The average Bonchev–Trinajstić information content (AvgIpc) is 2.67. The molecule has 3 heteroatoms. The van der Waals surface area contributed by atoms with Crippen molar-refractivity contribution in [3.63, 3.8) is 0 Å². The highest BCUT2D eigenvalue weighted by molar-refractivity contribution is 6.31. The van der Waals surface area contributed by atoms with E-state index >= 15 is 0 Å². The van der Waals surface area contributed by atoms with Crippen LogP contribution in [-0.2, 0) is 13.2 Å². The molecular weight excluding hydrogens is 330 g/mol. The summed E-state index contributed by atoms with van der Waals surface area (Å²) in [7, 11) is 0. The summed E-state index contributed by atoms with van der Waals surface area (Å²) >= 11 is 6.21. The van der Waals surface area contributed by atoms with Crippen LogP contribution in [0.1, 0.15) is 29.7 Å². The van der Waals surface area contributed by atoms with E-state index in [-0.39, 0.29) is 6.04 Å². The number of halogens is 1. The summed E-state index contributed by atoms with van der Waals surface area (Å²) in [6.45, 7) is 3.38. The lowest BCUT2D eigenvalue weighted by Gasteiger charge is -2.17. The van der Waals surface area contributed by atoms with Gasteiger partial charge in [0.2, 0.25) is 0 Å². The van der Waals surface area contributed by atoms with Crippen LogP contribution in [0, 0.1) is 0 Å². The molecular formula is C22H22ClNO. The third-order valence-corrected chi connectivity index (χ3v) is 4.58. The highest BCUT2D eigenvalue weighted by Gasteiger charge is 2.08. The second-order valence-corrected chi connectivity index (χ2v) is 6.41. The predicted molar refractivity (Wildman–Crippen MR) is 104 cm³/mol. The molecule has 0 saturated heterocycles. The molecule has 3 aromatic rings. The average molecular weight is 352 g/mol. The first-order valence-corrected chi connectivity index (χ1v) is 8.84. The van der Waals surface area contributed by atoms with Crippen molar-refractivity contribution in [1.82, 2.24) is 5.32 Å². The molecule has 0 radical (unpaired) electrons. The Balaban J connectivity index is 1.64. The molecule has 0 fully saturated rings. The van der Waals surface area contributed by atoms with Crippen molar-refractivity contribution in [3.8, 4) is 5.75 Å². The molecule has 0 aliphatic heterocycles. The summed E-state index contributed by atoms with van der Waals surface area (Å²) in [5, 5.41) is 4.29. The normalized spacial score (nSPS) is 11.9. The van der Waals surface area contributed by atoms with E-state index in [4.69, 9.17) is 16.3 Å². The second-order valence-electron chi connectivity index (χ2n) is 6.00. The number of ether oxygens (including phenoxy) is 1. The summed E-state index contributed by atoms with van der Waals surface area (Å²) in [5.41, 5.74) is 3.40. The monoisotopic (exact) mass is 351 g/mol. The van der Waals surface area contributed by atoms with Gasteiger partial charge in [-0.3, -0.25) is 0 Å². The van der Waals surface area contributed by atoms with E-state index in [0.29, 0.717) is 6.61 Å². The number of benzene rings is 3. The van der Waals surface area contributed by atoms with Gasteiger partial charge in [0.05, 0.1) is 0 Å². The van der Waals surface area contributed by atoms with E-state index in [9.17, 15) is 0 Å². The molecule has 25 heavy (non-hydrogen) atoms. The van der Waals surface area contributed by atoms with Gasteiger partial charge in [0.15, 0.2) is 0 Å².